The lowest BCUT2D eigenvalue weighted by Gasteiger charge is -2.08. The molecule has 0 spiro atoms. The molecule has 0 saturated heterocycles. The van der Waals surface area contributed by atoms with Crippen LogP contribution in [0.25, 0.3) is 0 Å². The maximum absolute atomic E-state index is 11.0. The molecule has 106 valence electrons. The normalized spacial score (nSPS) is 12.7. The number of aromatic nitrogens is 1. The topological polar surface area (TPSA) is 72.6 Å². The van der Waals surface area contributed by atoms with Gasteiger partial charge in [0.05, 0.1) is 7.11 Å². The van der Waals surface area contributed by atoms with E-state index in [1.54, 1.807) is 7.11 Å². The minimum absolute atomic E-state index is 0.0356. The van der Waals surface area contributed by atoms with Crippen molar-refractivity contribution in [3.05, 3.63) is 38.4 Å². The third-order valence-electron chi connectivity index (χ3n) is 2.93. The zero-order valence-corrected chi connectivity index (χ0v) is 11.7. The molecule has 20 heavy (non-hydrogen) atoms. The van der Waals surface area contributed by atoms with Gasteiger partial charge in [0, 0.05) is 24.2 Å². The van der Waals surface area contributed by atoms with Gasteiger partial charge in [0.2, 0.25) is 12.5 Å². The molecule has 1 aromatic heterocycles. The van der Waals surface area contributed by atoms with Crippen molar-refractivity contribution in [3.8, 4) is 17.2 Å². The number of hydrogen-bond acceptors (Lipinski definition) is 6. The van der Waals surface area contributed by atoms with E-state index in [9.17, 15) is 4.79 Å². The van der Waals surface area contributed by atoms with Crippen LogP contribution in [0.1, 0.15) is 11.3 Å². The summed E-state index contributed by atoms with van der Waals surface area (Å²) in [6.07, 6.45) is 0. The molecule has 0 unspecified atom stereocenters. The molecule has 3 rings (SSSR count). The van der Waals surface area contributed by atoms with Crippen molar-refractivity contribution >= 4 is 11.3 Å². The smallest absolute Gasteiger partial charge is 0.304 e. The third-order valence-corrected chi connectivity index (χ3v) is 3.65. The van der Waals surface area contributed by atoms with Crippen LogP contribution < -0.4 is 24.4 Å². The monoisotopic (exact) mass is 294 g/mol. The van der Waals surface area contributed by atoms with Gasteiger partial charge in [-0.05, 0) is 17.7 Å². The van der Waals surface area contributed by atoms with E-state index >= 15 is 0 Å². The van der Waals surface area contributed by atoms with E-state index in [4.69, 9.17) is 14.2 Å². The lowest BCUT2D eigenvalue weighted by molar-refractivity contribution is 0.171. The first-order valence-corrected chi connectivity index (χ1v) is 6.98. The molecule has 0 fully saturated rings. The molecule has 2 N–H and O–H groups in total. The Balaban J connectivity index is 1.67. The number of aromatic amines is 1. The molecular weight excluding hydrogens is 280 g/mol. The van der Waals surface area contributed by atoms with Gasteiger partial charge in [0.15, 0.2) is 11.5 Å². The standard InChI is InChI=1S/C13H14N2O4S/c1-17-10-2-8(3-11-12(10)19-7-18-11)4-14-5-9-6-20-13(16)15-9/h2-3,6,14H,4-5,7H2,1H3,(H,15,16). The molecule has 0 amide bonds. The zero-order chi connectivity index (χ0) is 13.9. The molecular formula is C13H14N2O4S. The highest BCUT2D eigenvalue weighted by Gasteiger charge is 2.19. The second-order valence-electron chi connectivity index (χ2n) is 4.31. The summed E-state index contributed by atoms with van der Waals surface area (Å²) in [7, 11) is 1.60. The van der Waals surface area contributed by atoms with Crippen LogP contribution >= 0.6 is 11.3 Å². The van der Waals surface area contributed by atoms with Crippen molar-refractivity contribution < 1.29 is 14.2 Å². The number of H-pyrrole nitrogens is 1. The van der Waals surface area contributed by atoms with E-state index in [0.29, 0.717) is 30.3 Å². The molecule has 1 aliphatic heterocycles. The molecule has 0 atom stereocenters. The summed E-state index contributed by atoms with van der Waals surface area (Å²) in [6, 6.07) is 3.84. The maximum Gasteiger partial charge on any atom is 0.304 e. The molecule has 0 saturated carbocycles. The van der Waals surface area contributed by atoms with Crippen molar-refractivity contribution in [3.63, 3.8) is 0 Å². The number of thiazole rings is 1. The summed E-state index contributed by atoms with van der Waals surface area (Å²) in [6.45, 7) is 1.47. The fourth-order valence-electron chi connectivity index (χ4n) is 2.03. The van der Waals surface area contributed by atoms with E-state index in [2.05, 4.69) is 10.3 Å². The zero-order valence-electron chi connectivity index (χ0n) is 10.9. The van der Waals surface area contributed by atoms with Crippen LogP contribution in [0.15, 0.2) is 22.3 Å². The Morgan fingerprint density at radius 3 is 3.05 bits per heavy atom. The van der Waals surface area contributed by atoms with Crippen LogP contribution in [0.3, 0.4) is 0 Å². The highest BCUT2D eigenvalue weighted by Crippen LogP contribution is 2.41. The fourth-order valence-corrected chi connectivity index (χ4v) is 2.61. The summed E-state index contributed by atoms with van der Waals surface area (Å²) in [5, 5.41) is 5.07. The predicted octanol–water partition coefficient (Wildman–Crippen LogP) is 1.46. The minimum Gasteiger partial charge on any atom is -0.493 e. The van der Waals surface area contributed by atoms with Crippen molar-refractivity contribution in [1.82, 2.24) is 10.3 Å². The molecule has 2 aromatic rings. The van der Waals surface area contributed by atoms with Crippen molar-refractivity contribution in [1.29, 1.82) is 0 Å². The van der Waals surface area contributed by atoms with Crippen molar-refractivity contribution in [2.75, 3.05) is 13.9 Å². The first-order chi connectivity index (χ1) is 9.76. The number of nitrogens with one attached hydrogen (secondary N) is 2. The van der Waals surface area contributed by atoms with E-state index in [-0.39, 0.29) is 11.7 Å². The van der Waals surface area contributed by atoms with Crippen LogP contribution in [-0.2, 0) is 13.1 Å². The summed E-state index contributed by atoms with van der Waals surface area (Å²) in [4.78, 5) is 13.7. The van der Waals surface area contributed by atoms with Gasteiger partial charge in [-0.15, -0.1) is 0 Å². The van der Waals surface area contributed by atoms with Crippen molar-refractivity contribution in [2.24, 2.45) is 0 Å². The highest BCUT2D eigenvalue weighted by molar-refractivity contribution is 7.07. The maximum atomic E-state index is 11.0. The lowest BCUT2D eigenvalue weighted by Crippen LogP contribution is -2.13. The van der Waals surface area contributed by atoms with E-state index in [1.165, 1.54) is 11.3 Å². The summed E-state index contributed by atoms with van der Waals surface area (Å²) >= 11 is 1.17. The van der Waals surface area contributed by atoms with E-state index in [1.807, 2.05) is 17.5 Å². The number of ether oxygens (including phenoxy) is 3. The SMILES string of the molecule is COc1cc(CNCc2csc(=O)[nH]2)cc2c1OCO2. The largest absolute Gasteiger partial charge is 0.493 e. The summed E-state index contributed by atoms with van der Waals surface area (Å²) in [5.74, 6) is 2.02. The average Bonchev–Trinajstić information content (AvgIpc) is 3.06. The van der Waals surface area contributed by atoms with Gasteiger partial charge in [0.25, 0.3) is 0 Å². The average molecular weight is 294 g/mol. The van der Waals surface area contributed by atoms with Gasteiger partial charge in [-0.3, -0.25) is 4.79 Å². The first kappa shape index (κ1) is 13.0. The Morgan fingerprint density at radius 2 is 2.30 bits per heavy atom. The van der Waals surface area contributed by atoms with Crippen LogP contribution in [0.4, 0.5) is 0 Å². The van der Waals surface area contributed by atoms with E-state index in [0.717, 1.165) is 11.3 Å². The van der Waals surface area contributed by atoms with Crippen LogP contribution in [-0.4, -0.2) is 18.9 Å². The Bertz CT molecular complexity index is 665. The predicted molar refractivity (Wildman–Crippen MR) is 74.6 cm³/mol. The third kappa shape index (κ3) is 2.63. The molecule has 0 radical (unpaired) electrons. The van der Waals surface area contributed by atoms with Crippen LogP contribution in [0.5, 0.6) is 17.2 Å². The summed E-state index contributed by atoms with van der Waals surface area (Å²) in [5.41, 5.74) is 1.91. The quantitative estimate of drug-likeness (QED) is 0.873. The molecule has 0 aliphatic carbocycles. The highest BCUT2D eigenvalue weighted by atomic mass is 32.1. The fraction of sp³-hybridized carbons (Fsp3) is 0.308. The van der Waals surface area contributed by atoms with Crippen LogP contribution in [0.2, 0.25) is 0 Å². The number of rotatable bonds is 5. The molecule has 2 heterocycles. The molecule has 1 aromatic carbocycles. The van der Waals surface area contributed by atoms with Gasteiger partial charge in [-0.2, -0.15) is 0 Å². The number of hydrogen-bond donors (Lipinski definition) is 2. The molecule has 7 heteroatoms. The Labute approximate surface area is 119 Å². The summed E-state index contributed by atoms with van der Waals surface area (Å²) < 4.78 is 16.0. The molecule has 0 bridgehead atoms. The Kier molecular flexibility index (Phi) is 3.62. The van der Waals surface area contributed by atoms with Crippen molar-refractivity contribution in [2.45, 2.75) is 13.1 Å². The Hall–Kier alpha value is -1.99. The lowest BCUT2D eigenvalue weighted by atomic mass is 10.2. The number of benzene rings is 1. The molecule has 1 aliphatic rings. The Morgan fingerprint density at radius 1 is 1.40 bits per heavy atom. The van der Waals surface area contributed by atoms with E-state index < -0.39 is 0 Å². The van der Waals surface area contributed by atoms with Gasteiger partial charge in [0.1, 0.15) is 0 Å². The minimum atomic E-state index is -0.0356. The second-order valence-corrected chi connectivity index (χ2v) is 5.15. The first-order valence-electron chi connectivity index (χ1n) is 6.10. The number of fused-ring (bicyclic) bond motifs is 1. The molecule has 6 nitrogen and oxygen atoms in total. The second kappa shape index (κ2) is 5.56. The van der Waals surface area contributed by atoms with Crippen LogP contribution in [0, 0.1) is 0 Å². The van der Waals surface area contributed by atoms with Gasteiger partial charge in [-0.1, -0.05) is 11.3 Å². The van der Waals surface area contributed by atoms with Gasteiger partial charge >= 0.3 is 4.87 Å². The number of methoxy groups -OCH3 is 1. The van der Waals surface area contributed by atoms with Gasteiger partial charge < -0.3 is 24.5 Å². The van der Waals surface area contributed by atoms with Gasteiger partial charge in [-0.25, -0.2) is 0 Å².